The molecule has 1 aromatic rings. The molecule has 1 aromatic heterocycles. The Morgan fingerprint density at radius 2 is 2.43 bits per heavy atom. The Balaban J connectivity index is 3.09. The maximum absolute atomic E-state index is 12.6. The van der Waals surface area contributed by atoms with E-state index < -0.39 is 11.9 Å². The Bertz CT molecular complexity index is 414. The minimum Gasteiger partial charge on any atom is -0.381 e. The van der Waals surface area contributed by atoms with E-state index in [-0.39, 0.29) is 11.3 Å². The maximum Gasteiger partial charge on any atom is 0.142 e. The van der Waals surface area contributed by atoms with Crippen LogP contribution in [0.5, 0.6) is 0 Å². The van der Waals surface area contributed by atoms with E-state index in [1.54, 1.807) is 6.07 Å². The number of hydrogen-bond acceptors (Lipinski definition) is 3. The summed E-state index contributed by atoms with van der Waals surface area (Å²) in [5, 5.41) is 18.0. The highest BCUT2D eigenvalue weighted by atomic mass is 79.9. The summed E-state index contributed by atoms with van der Waals surface area (Å²) in [6.45, 7) is 3.35. The predicted octanol–water partition coefficient (Wildman–Crippen LogP) is 2.10. The highest BCUT2D eigenvalue weighted by molar-refractivity contribution is 9.10. The second kappa shape index (κ2) is 4.31. The van der Waals surface area contributed by atoms with Crippen molar-refractivity contribution in [3.63, 3.8) is 0 Å². The Morgan fingerprint density at radius 3 is 2.93 bits per heavy atom. The minimum atomic E-state index is -1.20. The fraction of sp³-hybridized carbons (Fsp3) is 0.111. The molecule has 0 saturated carbocycles. The van der Waals surface area contributed by atoms with E-state index in [0.29, 0.717) is 4.47 Å². The topological polar surface area (TPSA) is 56.9 Å². The third-order valence-electron chi connectivity index (χ3n) is 1.57. The third-order valence-corrected chi connectivity index (χ3v) is 2.20. The van der Waals surface area contributed by atoms with Crippen LogP contribution in [0.4, 0.5) is 4.39 Å². The van der Waals surface area contributed by atoms with Gasteiger partial charge in [0.05, 0.1) is 23.5 Å². The average Bonchev–Trinajstić information content (AvgIpc) is 2.15. The van der Waals surface area contributed by atoms with Crippen LogP contribution in [0, 0.1) is 17.1 Å². The van der Waals surface area contributed by atoms with E-state index in [4.69, 9.17) is 5.26 Å². The van der Waals surface area contributed by atoms with E-state index in [2.05, 4.69) is 27.5 Å². The Labute approximate surface area is 88.6 Å². The van der Waals surface area contributed by atoms with Crippen LogP contribution in [0.3, 0.4) is 0 Å². The first-order valence-corrected chi connectivity index (χ1v) is 4.43. The summed E-state index contributed by atoms with van der Waals surface area (Å²) < 4.78 is 12.9. The summed E-state index contributed by atoms with van der Waals surface area (Å²) in [5.74, 6) is -0.518. The molecule has 1 rings (SSSR count). The van der Waals surface area contributed by atoms with Crippen molar-refractivity contribution in [3.05, 3.63) is 40.4 Å². The maximum atomic E-state index is 12.6. The fourth-order valence-electron chi connectivity index (χ4n) is 0.853. The van der Waals surface area contributed by atoms with E-state index in [0.717, 1.165) is 12.3 Å². The summed E-state index contributed by atoms with van der Waals surface area (Å²) >= 11 is 3.03. The number of pyridine rings is 1. The quantitative estimate of drug-likeness (QED) is 0.825. The van der Waals surface area contributed by atoms with Crippen LogP contribution in [-0.2, 0) is 0 Å². The number of nitriles is 1. The molecule has 0 fully saturated rings. The first-order chi connectivity index (χ1) is 6.56. The van der Waals surface area contributed by atoms with Gasteiger partial charge in [0.25, 0.3) is 0 Å². The fourth-order valence-corrected chi connectivity index (χ4v) is 1.39. The van der Waals surface area contributed by atoms with Crippen LogP contribution < -0.4 is 0 Å². The molecule has 72 valence electrons. The van der Waals surface area contributed by atoms with E-state index in [9.17, 15) is 9.50 Å². The van der Waals surface area contributed by atoms with Gasteiger partial charge in [-0.05, 0) is 22.0 Å². The van der Waals surface area contributed by atoms with Gasteiger partial charge in [0.15, 0.2) is 0 Å². The lowest BCUT2D eigenvalue weighted by atomic mass is 10.1. The molecular weight excluding hydrogens is 251 g/mol. The molecule has 0 saturated heterocycles. The molecule has 0 amide bonds. The molecule has 1 unspecified atom stereocenters. The van der Waals surface area contributed by atoms with Crippen LogP contribution in [0.15, 0.2) is 28.9 Å². The molecule has 5 heteroatoms. The van der Waals surface area contributed by atoms with Crippen LogP contribution in [0.2, 0.25) is 0 Å². The van der Waals surface area contributed by atoms with Crippen molar-refractivity contribution in [3.8, 4) is 6.07 Å². The van der Waals surface area contributed by atoms with Crippen LogP contribution in [0.1, 0.15) is 11.8 Å². The van der Waals surface area contributed by atoms with Crippen molar-refractivity contribution < 1.29 is 9.50 Å². The average molecular weight is 257 g/mol. The normalized spacial score (nSPS) is 11.9. The lowest BCUT2D eigenvalue weighted by Gasteiger charge is -2.09. The Hall–Kier alpha value is -1.25. The third kappa shape index (κ3) is 2.16. The Kier molecular flexibility index (Phi) is 3.33. The minimum absolute atomic E-state index is 0.0372. The summed E-state index contributed by atoms with van der Waals surface area (Å²) in [6, 6.07) is 2.87. The first kappa shape index (κ1) is 10.8. The Morgan fingerprint density at radius 1 is 1.79 bits per heavy atom. The highest BCUT2D eigenvalue weighted by Gasteiger charge is 2.16. The molecule has 1 N–H and O–H groups in total. The predicted molar refractivity (Wildman–Crippen MR) is 51.6 cm³/mol. The molecule has 0 radical (unpaired) electrons. The van der Waals surface area contributed by atoms with Crippen LogP contribution in [-0.4, -0.2) is 10.1 Å². The molecule has 0 aromatic carbocycles. The summed E-state index contributed by atoms with van der Waals surface area (Å²) in [4.78, 5) is 3.66. The number of aliphatic hydroxyl groups excluding tert-OH is 1. The number of hydrogen-bond donors (Lipinski definition) is 1. The molecule has 14 heavy (non-hydrogen) atoms. The molecule has 0 bridgehead atoms. The van der Waals surface area contributed by atoms with Gasteiger partial charge in [-0.2, -0.15) is 5.26 Å². The lowest BCUT2D eigenvalue weighted by molar-refractivity contribution is 0.215. The van der Waals surface area contributed by atoms with Crippen molar-refractivity contribution in [1.29, 1.82) is 5.26 Å². The van der Waals surface area contributed by atoms with Crippen molar-refractivity contribution in [2.45, 2.75) is 6.10 Å². The van der Waals surface area contributed by atoms with Gasteiger partial charge in [0, 0.05) is 4.47 Å². The van der Waals surface area contributed by atoms with E-state index >= 15 is 0 Å². The molecule has 3 nitrogen and oxygen atoms in total. The number of aliphatic hydroxyl groups is 1. The monoisotopic (exact) mass is 256 g/mol. The molecule has 0 aliphatic rings. The second-order valence-corrected chi connectivity index (χ2v) is 3.41. The summed E-state index contributed by atoms with van der Waals surface area (Å²) in [6.07, 6.45) is -0.233. The van der Waals surface area contributed by atoms with Gasteiger partial charge in [0.1, 0.15) is 11.9 Å². The van der Waals surface area contributed by atoms with Crippen molar-refractivity contribution in [2.75, 3.05) is 0 Å². The van der Waals surface area contributed by atoms with Gasteiger partial charge in [-0.15, -0.1) is 0 Å². The summed E-state index contributed by atoms with van der Waals surface area (Å²) in [7, 11) is 0. The van der Waals surface area contributed by atoms with Crippen LogP contribution in [0.25, 0.3) is 0 Å². The van der Waals surface area contributed by atoms with Gasteiger partial charge in [-0.1, -0.05) is 6.58 Å². The molecule has 1 heterocycles. The number of halogens is 2. The van der Waals surface area contributed by atoms with Crippen LogP contribution >= 0.6 is 15.9 Å². The first-order valence-electron chi connectivity index (χ1n) is 3.64. The van der Waals surface area contributed by atoms with Gasteiger partial charge in [-0.3, -0.25) is 4.98 Å². The molecule has 0 aliphatic carbocycles. The molecule has 0 spiro atoms. The smallest absolute Gasteiger partial charge is 0.142 e. The van der Waals surface area contributed by atoms with Gasteiger partial charge >= 0.3 is 0 Å². The highest BCUT2D eigenvalue weighted by Crippen LogP contribution is 2.25. The number of aromatic nitrogens is 1. The van der Waals surface area contributed by atoms with E-state index in [1.807, 2.05) is 0 Å². The van der Waals surface area contributed by atoms with Crippen molar-refractivity contribution in [1.82, 2.24) is 4.98 Å². The summed E-state index contributed by atoms with van der Waals surface area (Å²) in [5.41, 5.74) is 0.141. The van der Waals surface area contributed by atoms with Gasteiger partial charge < -0.3 is 5.11 Å². The van der Waals surface area contributed by atoms with Crippen molar-refractivity contribution in [2.24, 2.45) is 0 Å². The van der Waals surface area contributed by atoms with Gasteiger partial charge in [0.2, 0.25) is 0 Å². The number of rotatable bonds is 2. The lowest BCUT2D eigenvalue weighted by Crippen LogP contribution is -2.03. The van der Waals surface area contributed by atoms with Gasteiger partial charge in [-0.25, -0.2) is 4.39 Å². The van der Waals surface area contributed by atoms with Crippen molar-refractivity contribution >= 4 is 15.9 Å². The zero-order valence-electron chi connectivity index (χ0n) is 7.04. The molecule has 1 atom stereocenters. The SMILES string of the molecule is C=C(C#N)C(O)c1ncc(F)cc1Br. The number of nitrogens with zero attached hydrogens (tertiary/aromatic N) is 2. The largest absolute Gasteiger partial charge is 0.381 e. The standard InChI is InChI=1S/C9H6BrFN2O/c1-5(3-12)9(14)8-7(10)2-6(11)4-13-8/h2,4,9,14H,1H2. The second-order valence-electron chi connectivity index (χ2n) is 2.56. The zero-order chi connectivity index (χ0) is 10.7. The molecular formula is C9H6BrFN2O. The van der Waals surface area contributed by atoms with E-state index in [1.165, 1.54) is 0 Å². The zero-order valence-corrected chi connectivity index (χ0v) is 8.62. The molecule has 0 aliphatic heterocycles.